The maximum absolute atomic E-state index is 14.3. The van der Waals surface area contributed by atoms with E-state index in [1.807, 2.05) is 33.0 Å². The molecular formula is C35H46FN7O3. The summed E-state index contributed by atoms with van der Waals surface area (Å²) in [5, 5.41) is 0. The molecule has 1 atom stereocenters. The van der Waals surface area contributed by atoms with Gasteiger partial charge in [-0.05, 0) is 71.0 Å². The van der Waals surface area contributed by atoms with Gasteiger partial charge in [0.2, 0.25) is 0 Å². The summed E-state index contributed by atoms with van der Waals surface area (Å²) in [5.74, 6) is 2.25. The van der Waals surface area contributed by atoms with Crippen molar-refractivity contribution in [2.75, 3.05) is 57.8 Å². The Morgan fingerprint density at radius 3 is 2.63 bits per heavy atom. The molecule has 1 amide bonds. The number of hydrogen-bond acceptors (Lipinski definition) is 9. The maximum atomic E-state index is 14.3. The summed E-state index contributed by atoms with van der Waals surface area (Å²) in [6.07, 6.45) is 8.91. The highest BCUT2D eigenvalue weighted by atomic mass is 19.1. The Balaban J connectivity index is 1.11. The summed E-state index contributed by atoms with van der Waals surface area (Å²) in [6, 6.07) is 6.02. The fourth-order valence-electron chi connectivity index (χ4n) is 7.03. The maximum Gasteiger partial charge on any atom is 0.257 e. The monoisotopic (exact) mass is 631 g/mol. The van der Waals surface area contributed by atoms with Gasteiger partial charge in [0.05, 0.1) is 11.8 Å². The highest BCUT2D eigenvalue weighted by Gasteiger charge is 2.29. The molecule has 46 heavy (non-hydrogen) atoms. The number of carbonyl (C=O) groups is 1. The number of nitrogens with zero attached hydrogens (tertiary/aromatic N) is 7. The number of halogens is 1. The van der Waals surface area contributed by atoms with Crippen LogP contribution in [0.1, 0.15) is 61.6 Å². The average Bonchev–Trinajstić information content (AvgIpc) is 3.47. The van der Waals surface area contributed by atoms with E-state index in [4.69, 9.17) is 14.5 Å². The number of pyridine rings is 1. The van der Waals surface area contributed by atoms with Crippen LogP contribution in [0.25, 0.3) is 0 Å². The van der Waals surface area contributed by atoms with Gasteiger partial charge < -0.3 is 24.2 Å². The van der Waals surface area contributed by atoms with Crippen LogP contribution in [0.5, 0.6) is 17.2 Å². The second-order valence-corrected chi connectivity index (χ2v) is 13.1. The molecule has 3 aromatic rings. The van der Waals surface area contributed by atoms with Gasteiger partial charge in [0.1, 0.15) is 29.7 Å². The molecule has 3 aliphatic heterocycles. The number of benzene rings is 1. The number of amides is 1. The fraction of sp³-hybridized carbons (Fsp3) is 0.543. The molecule has 1 aromatic carbocycles. The predicted octanol–water partition coefficient (Wildman–Crippen LogP) is 5.03. The molecule has 0 unspecified atom stereocenters. The molecule has 11 heteroatoms. The largest absolute Gasteiger partial charge is 0.490 e. The standard InChI is InChI=1S/C35H46FN7O3/c1-5-43(24(2)3)35(44)28-18-26(36)6-7-31(28)46-33-19-37-23-39-34(33)42-16-10-27(11-17-42)45-32-8-13-38-30-12-15-41(22-29(30)32)21-25-9-14-40(4)20-25/h6-8,13,18-19,23-25,27H,5,9-12,14-17,20-22H2,1-4H3/t25-/m0/s1. The molecule has 0 aliphatic carbocycles. The van der Waals surface area contributed by atoms with Crippen molar-refractivity contribution in [3.8, 4) is 17.2 Å². The van der Waals surface area contributed by atoms with E-state index in [0.717, 1.165) is 69.3 Å². The van der Waals surface area contributed by atoms with Crippen LogP contribution < -0.4 is 14.4 Å². The van der Waals surface area contributed by atoms with Crippen molar-refractivity contribution >= 4 is 11.7 Å². The van der Waals surface area contributed by atoms with Gasteiger partial charge in [-0.2, -0.15) is 0 Å². The van der Waals surface area contributed by atoms with Crippen LogP contribution in [0.4, 0.5) is 10.2 Å². The Hall–Kier alpha value is -3.83. The minimum atomic E-state index is -0.494. The van der Waals surface area contributed by atoms with Gasteiger partial charge in [-0.15, -0.1) is 0 Å². The van der Waals surface area contributed by atoms with E-state index in [0.29, 0.717) is 18.1 Å². The lowest BCUT2D eigenvalue weighted by atomic mass is 10.0. The third-order valence-corrected chi connectivity index (χ3v) is 9.46. The number of anilines is 1. The van der Waals surface area contributed by atoms with E-state index in [1.54, 1.807) is 11.1 Å². The number of piperidine rings is 1. The Bertz CT molecular complexity index is 1510. The minimum Gasteiger partial charge on any atom is -0.490 e. The second-order valence-electron chi connectivity index (χ2n) is 13.1. The Morgan fingerprint density at radius 2 is 1.89 bits per heavy atom. The summed E-state index contributed by atoms with van der Waals surface area (Å²) in [7, 11) is 2.21. The van der Waals surface area contributed by atoms with E-state index in [9.17, 15) is 9.18 Å². The third kappa shape index (κ3) is 7.25. The van der Waals surface area contributed by atoms with Crippen molar-refractivity contribution < 1.29 is 18.7 Å². The van der Waals surface area contributed by atoms with Gasteiger partial charge >= 0.3 is 0 Å². The smallest absolute Gasteiger partial charge is 0.257 e. The normalized spacial score (nSPS) is 19.3. The molecule has 2 aromatic heterocycles. The van der Waals surface area contributed by atoms with Crippen LogP contribution in [0.2, 0.25) is 0 Å². The summed E-state index contributed by atoms with van der Waals surface area (Å²) in [5.41, 5.74) is 2.57. The number of carbonyl (C=O) groups excluding carboxylic acids is 1. The molecule has 0 saturated carbocycles. The number of fused-ring (bicyclic) bond motifs is 1. The van der Waals surface area contributed by atoms with Crippen molar-refractivity contribution in [2.45, 2.75) is 65.1 Å². The van der Waals surface area contributed by atoms with Crippen LogP contribution >= 0.6 is 0 Å². The van der Waals surface area contributed by atoms with Crippen LogP contribution in [0, 0.1) is 11.7 Å². The van der Waals surface area contributed by atoms with Crippen LogP contribution in [0.3, 0.4) is 0 Å². The van der Waals surface area contributed by atoms with E-state index >= 15 is 0 Å². The van der Waals surface area contributed by atoms with Crippen LogP contribution in [0.15, 0.2) is 43.0 Å². The number of ether oxygens (including phenoxy) is 2. The van der Waals surface area contributed by atoms with E-state index < -0.39 is 5.82 Å². The first-order valence-corrected chi connectivity index (χ1v) is 16.7. The van der Waals surface area contributed by atoms with E-state index in [-0.39, 0.29) is 29.4 Å². The Labute approximate surface area is 271 Å². The zero-order valence-electron chi connectivity index (χ0n) is 27.5. The molecule has 3 aliphatic rings. The van der Waals surface area contributed by atoms with E-state index in [1.165, 1.54) is 49.6 Å². The molecule has 2 saturated heterocycles. The Morgan fingerprint density at radius 1 is 1.07 bits per heavy atom. The number of rotatable bonds is 10. The van der Waals surface area contributed by atoms with E-state index in [2.05, 4.69) is 31.7 Å². The first-order chi connectivity index (χ1) is 22.3. The highest BCUT2D eigenvalue weighted by Crippen LogP contribution is 2.35. The zero-order valence-corrected chi connectivity index (χ0v) is 27.5. The van der Waals surface area contributed by atoms with Gasteiger partial charge in [-0.1, -0.05) is 0 Å². The van der Waals surface area contributed by atoms with Crippen molar-refractivity contribution in [1.82, 2.24) is 29.7 Å². The van der Waals surface area contributed by atoms with Crippen molar-refractivity contribution in [2.24, 2.45) is 5.92 Å². The lowest BCUT2D eigenvalue weighted by molar-refractivity contribution is 0.0713. The number of likely N-dealkylation sites (tertiary alicyclic amines) is 1. The van der Waals surface area contributed by atoms with Crippen molar-refractivity contribution in [1.29, 1.82) is 0 Å². The Kier molecular flexibility index (Phi) is 9.98. The summed E-state index contributed by atoms with van der Waals surface area (Å²) < 4.78 is 27.2. The van der Waals surface area contributed by atoms with Gasteiger partial charge in [0, 0.05) is 88.6 Å². The molecule has 0 radical (unpaired) electrons. The topological polar surface area (TPSA) is 87.2 Å². The molecule has 0 bridgehead atoms. The van der Waals surface area contributed by atoms with Gasteiger partial charge in [0.25, 0.3) is 5.91 Å². The highest BCUT2D eigenvalue weighted by molar-refractivity contribution is 5.97. The van der Waals surface area contributed by atoms with Gasteiger partial charge in [-0.25, -0.2) is 14.4 Å². The summed E-state index contributed by atoms with van der Waals surface area (Å²) in [4.78, 5) is 35.7. The van der Waals surface area contributed by atoms with Crippen molar-refractivity contribution in [3.63, 3.8) is 0 Å². The molecule has 0 spiro atoms. The SMILES string of the molecule is CCN(C(=O)c1cc(F)ccc1Oc1cncnc1N1CCC(Oc2ccnc3c2CN(C[C@H]2CCN(C)C2)CC3)CC1)C(C)C. The predicted molar refractivity (Wildman–Crippen MR) is 175 cm³/mol. The van der Waals surface area contributed by atoms with Crippen LogP contribution in [-0.4, -0.2) is 101 Å². The summed E-state index contributed by atoms with van der Waals surface area (Å²) >= 11 is 0. The first-order valence-electron chi connectivity index (χ1n) is 16.7. The minimum absolute atomic E-state index is 0.0384. The lowest BCUT2D eigenvalue weighted by Gasteiger charge is -2.35. The zero-order chi connectivity index (χ0) is 32.2. The quantitative estimate of drug-likeness (QED) is 0.306. The van der Waals surface area contributed by atoms with Crippen molar-refractivity contribution in [3.05, 3.63) is 65.6 Å². The van der Waals surface area contributed by atoms with Gasteiger partial charge in [-0.3, -0.25) is 14.7 Å². The third-order valence-electron chi connectivity index (χ3n) is 9.46. The van der Waals surface area contributed by atoms with Crippen LogP contribution in [-0.2, 0) is 13.0 Å². The average molecular weight is 632 g/mol. The van der Waals surface area contributed by atoms with Gasteiger partial charge in [0.15, 0.2) is 11.6 Å². The first kappa shape index (κ1) is 32.1. The molecular weight excluding hydrogens is 585 g/mol. The molecule has 246 valence electrons. The summed E-state index contributed by atoms with van der Waals surface area (Å²) in [6.45, 7) is 13.2. The molecule has 5 heterocycles. The fourth-order valence-corrected chi connectivity index (χ4v) is 7.03. The second kappa shape index (κ2) is 14.3. The lowest BCUT2D eigenvalue weighted by Crippen LogP contribution is -2.39. The molecule has 2 fully saturated rings. The number of aromatic nitrogens is 3. The molecule has 6 rings (SSSR count). The molecule has 10 nitrogen and oxygen atoms in total. The molecule has 0 N–H and O–H groups in total. The number of hydrogen-bond donors (Lipinski definition) is 0.